The van der Waals surface area contributed by atoms with E-state index in [0.717, 1.165) is 12.5 Å². The number of hydrogen-bond acceptors (Lipinski definition) is 4. The lowest BCUT2D eigenvalue weighted by Gasteiger charge is -2.29. The molecule has 7 nitrogen and oxygen atoms in total. The highest BCUT2D eigenvalue weighted by Crippen LogP contribution is 2.26. The van der Waals surface area contributed by atoms with Gasteiger partial charge in [0.1, 0.15) is 11.6 Å². The molecule has 2 aromatic rings. The van der Waals surface area contributed by atoms with E-state index in [1.165, 1.54) is 12.4 Å². The quantitative estimate of drug-likeness (QED) is 0.562. The molecular weight excluding hydrogens is 406 g/mol. The molecule has 1 aromatic heterocycles. The van der Waals surface area contributed by atoms with Crippen molar-refractivity contribution in [3.8, 4) is 0 Å². The van der Waals surface area contributed by atoms with Crippen LogP contribution in [0.4, 0.5) is 14.6 Å². The van der Waals surface area contributed by atoms with Crippen LogP contribution < -0.4 is 10.6 Å². The van der Waals surface area contributed by atoms with E-state index in [9.17, 15) is 18.4 Å². The molecule has 3 atom stereocenters. The summed E-state index contributed by atoms with van der Waals surface area (Å²) in [5, 5.41) is 15.0. The molecule has 1 aliphatic rings. The van der Waals surface area contributed by atoms with Crippen LogP contribution >= 0.6 is 0 Å². The number of aliphatic carboxylic acids is 1. The number of anilines is 1. The van der Waals surface area contributed by atoms with Crippen LogP contribution in [-0.2, 0) is 22.4 Å². The number of carbonyl (C=O) groups is 2. The fraction of sp³-hybridized carbons (Fsp3) is 0.500. The zero-order chi connectivity index (χ0) is 22.5. The first-order valence-electron chi connectivity index (χ1n) is 10.6. The highest BCUT2D eigenvalue weighted by Gasteiger charge is 2.27. The van der Waals surface area contributed by atoms with Gasteiger partial charge in [0, 0.05) is 24.3 Å². The van der Waals surface area contributed by atoms with Gasteiger partial charge in [0.2, 0.25) is 5.91 Å². The number of amides is 1. The normalized spacial score (nSPS) is 17.6. The molecule has 0 radical (unpaired) electrons. The minimum Gasteiger partial charge on any atom is -0.481 e. The molecule has 1 amide bonds. The van der Waals surface area contributed by atoms with Crippen LogP contribution in [0.25, 0.3) is 0 Å². The summed E-state index contributed by atoms with van der Waals surface area (Å²) >= 11 is 0. The van der Waals surface area contributed by atoms with Crippen molar-refractivity contribution in [1.29, 1.82) is 0 Å². The molecule has 0 spiro atoms. The number of carboxylic acids is 1. The number of aryl methyl sites for hydroxylation is 1. The number of carboxylic acid groups (broad SMARTS) is 1. The van der Waals surface area contributed by atoms with Crippen LogP contribution in [0.5, 0.6) is 0 Å². The highest BCUT2D eigenvalue weighted by molar-refractivity contribution is 5.94. The van der Waals surface area contributed by atoms with Crippen LogP contribution in [0.1, 0.15) is 56.7 Å². The van der Waals surface area contributed by atoms with E-state index in [1.54, 1.807) is 17.7 Å². The summed E-state index contributed by atoms with van der Waals surface area (Å²) < 4.78 is 29.3. The second kappa shape index (κ2) is 10.00. The summed E-state index contributed by atoms with van der Waals surface area (Å²) in [6, 6.07) is 1.41. The summed E-state index contributed by atoms with van der Waals surface area (Å²) in [5.41, 5.74) is 1.19. The monoisotopic (exact) mass is 434 g/mol. The summed E-state index contributed by atoms with van der Waals surface area (Å²) in [6.07, 6.45) is 6.05. The van der Waals surface area contributed by atoms with Crippen LogP contribution in [0.2, 0.25) is 0 Å². The number of aromatic nitrogens is 2. The van der Waals surface area contributed by atoms with E-state index in [-0.39, 0.29) is 24.4 Å². The van der Waals surface area contributed by atoms with Crippen molar-refractivity contribution in [2.75, 3.05) is 5.32 Å². The number of benzene rings is 1. The van der Waals surface area contributed by atoms with Gasteiger partial charge in [-0.2, -0.15) is 0 Å². The summed E-state index contributed by atoms with van der Waals surface area (Å²) in [6.45, 7) is 3.73. The third-order valence-corrected chi connectivity index (χ3v) is 5.63. The van der Waals surface area contributed by atoms with E-state index in [2.05, 4.69) is 15.6 Å². The molecule has 0 aliphatic heterocycles. The molecule has 0 bridgehead atoms. The molecule has 1 aliphatic carbocycles. The third-order valence-electron chi connectivity index (χ3n) is 5.63. The number of nitrogens with zero attached hydrogens (tertiary/aromatic N) is 2. The van der Waals surface area contributed by atoms with Crippen LogP contribution in [0.3, 0.4) is 0 Å². The van der Waals surface area contributed by atoms with E-state index in [4.69, 9.17) is 5.11 Å². The Bertz CT molecular complexity index is 947. The van der Waals surface area contributed by atoms with Gasteiger partial charge in [-0.25, -0.2) is 13.8 Å². The Morgan fingerprint density at radius 1 is 1.35 bits per heavy atom. The number of fused-ring (bicyclic) bond motifs is 1. The van der Waals surface area contributed by atoms with Gasteiger partial charge in [-0.15, -0.1) is 0 Å². The molecule has 168 valence electrons. The number of imidazole rings is 1. The smallest absolute Gasteiger partial charge is 0.305 e. The SMILES string of the molecule is CCCC(NC1CCc2cc(F)cc(F)c2C1)C(=O)Nc1cn(C(C)CC(=O)O)cn1. The van der Waals surface area contributed by atoms with E-state index < -0.39 is 23.6 Å². The molecule has 31 heavy (non-hydrogen) atoms. The first-order valence-corrected chi connectivity index (χ1v) is 10.6. The molecule has 0 saturated carbocycles. The summed E-state index contributed by atoms with van der Waals surface area (Å²) in [5.74, 6) is -1.92. The second-order valence-corrected chi connectivity index (χ2v) is 8.12. The molecule has 1 heterocycles. The van der Waals surface area contributed by atoms with Gasteiger partial charge in [0.15, 0.2) is 5.82 Å². The molecule has 0 saturated heterocycles. The largest absolute Gasteiger partial charge is 0.481 e. The molecule has 1 aromatic carbocycles. The molecule has 3 unspecified atom stereocenters. The summed E-state index contributed by atoms with van der Waals surface area (Å²) in [7, 11) is 0. The average Bonchev–Trinajstić information content (AvgIpc) is 3.16. The average molecular weight is 434 g/mol. The maximum atomic E-state index is 14.2. The molecule has 9 heteroatoms. The lowest BCUT2D eigenvalue weighted by Crippen LogP contribution is -2.48. The van der Waals surface area contributed by atoms with Gasteiger partial charge in [0.05, 0.1) is 18.8 Å². The molecular formula is C22H28F2N4O3. The predicted octanol–water partition coefficient (Wildman–Crippen LogP) is 3.45. The first kappa shape index (κ1) is 22.9. The molecule has 3 rings (SSSR count). The number of halogens is 2. The van der Waals surface area contributed by atoms with Crippen molar-refractivity contribution in [3.63, 3.8) is 0 Å². The number of carbonyl (C=O) groups excluding carboxylic acids is 1. The lowest BCUT2D eigenvalue weighted by molar-refractivity contribution is -0.137. The minimum absolute atomic E-state index is 0.0482. The van der Waals surface area contributed by atoms with Gasteiger partial charge in [-0.3, -0.25) is 9.59 Å². The Labute approximate surface area is 179 Å². The highest BCUT2D eigenvalue weighted by atomic mass is 19.1. The van der Waals surface area contributed by atoms with Crippen LogP contribution in [0, 0.1) is 11.6 Å². The molecule has 3 N–H and O–H groups in total. The predicted molar refractivity (Wildman–Crippen MR) is 112 cm³/mol. The number of hydrogen-bond donors (Lipinski definition) is 3. The zero-order valence-corrected chi connectivity index (χ0v) is 17.7. The van der Waals surface area contributed by atoms with Crippen molar-refractivity contribution < 1.29 is 23.5 Å². The first-order chi connectivity index (χ1) is 14.8. The third kappa shape index (κ3) is 5.88. The fourth-order valence-corrected chi connectivity index (χ4v) is 4.01. The number of rotatable bonds is 9. The minimum atomic E-state index is -0.910. The van der Waals surface area contributed by atoms with Crippen molar-refractivity contribution in [1.82, 2.24) is 14.9 Å². The topological polar surface area (TPSA) is 96.2 Å². The van der Waals surface area contributed by atoms with Gasteiger partial charge in [-0.05, 0) is 49.8 Å². The fourth-order valence-electron chi connectivity index (χ4n) is 4.01. The van der Waals surface area contributed by atoms with Crippen molar-refractivity contribution >= 4 is 17.7 Å². The Balaban J connectivity index is 1.63. The molecule has 0 fully saturated rings. The van der Waals surface area contributed by atoms with Crippen molar-refractivity contribution in [3.05, 3.63) is 47.4 Å². The maximum Gasteiger partial charge on any atom is 0.305 e. The summed E-state index contributed by atoms with van der Waals surface area (Å²) in [4.78, 5) is 27.9. The van der Waals surface area contributed by atoms with E-state index >= 15 is 0 Å². The van der Waals surface area contributed by atoms with Crippen molar-refractivity contribution in [2.24, 2.45) is 0 Å². The van der Waals surface area contributed by atoms with Crippen LogP contribution in [0.15, 0.2) is 24.7 Å². The Morgan fingerprint density at radius 3 is 2.84 bits per heavy atom. The van der Waals surface area contributed by atoms with Gasteiger partial charge in [-0.1, -0.05) is 13.3 Å². The van der Waals surface area contributed by atoms with Crippen molar-refractivity contribution in [2.45, 2.75) is 70.5 Å². The lowest BCUT2D eigenvalue weighted by atomic mass is 9.87. The van der Waals surface area contributed by atoms with Crippen LogP contribution in [-0.4, -0.2) is 38.6 Å². The van der Waals surface area contributed by atoms with E-state index in [1.807, 2.05) is 6.92 Å². The Kier molecular flexibility index (Phi) is 7.37. The Hall–Kier alpha value is -2.81. The maximum absolute atomic E-state index is 14.2. The van der Waals surface area contributed by atoms with Gasteiger partial charge in [0.25, 0.3) is 0 Å². The Morgan fingerprint density at radius 2 is 2.13 bits per heavy atom. The van der Waals surface area contributed by atoms with E-state index in [0.29, 0.717) is 42.6 Å². The zero-order valence-electron chi connectivity index (χ0n) is 17.7. The van der Waals surface area contributed by atoms with Gasteiger partial charge < -0.3 is 20.3 Å². The second-order valence-electron chi connectivity index (χ2n) is 8.12. The standard InChI is InChI=1S/C22H28F2N4O3/c1-3-4-19(22(31)27-20-11-28(12-25-20)13(2)7-21(29)30)26-16-6-5-14-8-15(23)9-18(24)17(14)10-16/h8-9,11-13,16,19,26H,3-7,10H2,1-2H3,(H,27,31)(H,29,30). The van der Waals surface area contributed by atoms with Gasteiger partial charge >= 0.3 is 5.97 Å². The number of nitrogens with one attached hydrogen (secondary N) is 2.